The van der Waals surface area contributed by atoms with Crippen LogP contribution in [0.2, 0.25) is 0 Å². The third kappa shape index (κ3) is 2.02. The molecule has 0 fully saturated rings. The summed E-state index contributed by atoms with van der Waals surface area (Å²) < 4.78 is 1.78. The van der Waals surface area contributed by atoms with Gasteiger partial charge in [0.2, 0.25) is 0 Å². The Hall–Kier alpha value is -1.17. The van der Waals surface area contributed by atoms with Crippen LogP contribution in [0.1, 0.15) is 30.3 Å². The number of imidazole rings is 1. The molecule has 6 heteroatoms. The molecular formula is C10H15N3O2S. The van der Waals surface area contributed by atoms with E-state index in [1.807, 2.05) is 0 Å². The van der Waals surface area contributed by atoms with Gasteiger partial charge >= 0.3 is 5.97 Å². The predicted molar refractivity (Wildman–Crippen MR) is 63.3 cm³/mol. The fraction of sp³-hybridized carbons (Fsp3) is 0.600. The van der Waals surface area contributed by atoms with Gasteiger partial charge in [0.05, 0.1) is 0 Å². The first kappa shape index (κ1) is 11.3. The fourth-order valence-corrected chi connectivity index (χ4v) is 2.65. The van der Waals surface area contributed by atoms with Gasteiger partial charge in [0, 0.05) is 18.8 Å². The molecule has 0 aromatic carbocycles. The number of carbonyl (C=O) groups is 1. The van der Waals surface area contributed by atoms with E-state index in [1.165, 1.54) is 0 Å². The monoisotopic (exact) mass is 241 g/mol. The number of carboxylic acids is 1. The second-order valence-electron chi connectivity index (χ2n) is 3.68. The van der Waals surface area contributed by atoms with Crippen molar-refractivity contribution >= 4 is 23.5 Å². The van der Waals surface area contributed by atoms with Crippen molar-refractivity contribution in [3.8, 4) is 0 Å². The zero-order valence-corrected chi connectivity index (χ0v) is 10.0. The number of thioether (sulfide) groups is 1. The molecule has 0 aliphatic carbocycles. The normalized spacial score (nSPS) is 13.8. The van der Waals surface area contributed by atoms with Gasteiger partial charge in [-0.05, 0) is 6.42 Å². The number of unbranched alkanes of at least 4 members (excludes halogenated alkanes) is 1. The van der Waals surface area contributed by atoms with Crippen LogP contribution in [0.3, 0.4) is 0 Å². The van der Waals surface area contributed by atoms with E-state index in [2.05, 4.69) is 17.2 Å². The molecule has 1 aliphatic heterocycles. The third-order valence-electron chi connectivity index (χ3n) is 2.50. The Balaban J connectivity index is 2.20. The van der Waals surface area contributed by atoms with E-state index in [-0.39, 0.29) is 0 Å². The smallest absolute Gasteiger partial charge is 0.356 e. The summed E-state index contributed by atoms with van der Waals surface area (Å²) in [6.45, 7) is 3.62. The van der Waals surface area contributed by atoms with Crippen molar-refractivity contribution in [3.63, 3.8) is 0 Å². The summed E-state index contributed by atoms with van der Waals surface area (Å²) in [6.07, 6.45) is 2.10. The Morgan fingerprint density at radius 3 is 3.19 bits per heavy atom. The highest BCUT2D eigenvalue weighted by atomic mass is 32.2. The summed E-state index contributed by atoms with van der Waals surface area (Å²) in [5, 5.41) is 13.1. The molecule has 0 spiro atoms. The van der Waals surface area contributed by atoms with E-state index in [0.717, 1.165) is 36.8 Å². The number of aromatic carboxylic acids is 1. The van der Waals surface area contributed by atoms with Crippen LogP contribution >= 0.6 is 11.8 Å². The van der Waals surface area contributed by atoms with Crippen molar-refractivity contribution in [2.24, 2.45) is 0 Å². The minimum absolute atomic E-state index is 0.302. The van der Waals surface area contributed by atoms with Gasteiger partial charge in [-0.15, -0.1) is 0 Å². The topological polar surface area (TPSA) is 67.2 Å². The summed E-state index contributed by atoms with van der Waals surface area (Å²) in [5.74, 6) is 0.529. The molecule has 0 saturated carbocycles. The van der Waals surface area contributed by atoms with Crippen molar-refractivity contribution in [1.29, 1.82) is 0 Å². The number of rotatable bonds is 5. The largest absolute Gasteiger partial charge is 0.476 e. The van der Waals surface area contributed by atoms with Gasteiger partial charge in [0.1, 0.15) is 0 Å². The summed E-state index contributed by atoms with van der Waals surface area (Å²) >= 11 is 1.61. The van der Waals surface area contributed by atoms with Gasteiger partial charge in [0.25, 0.3) is 0 Å². The summed E-state index contributed by atoms with van der Waals surface area (Å²) in [6, 6.07) is 0. The Morgan fingerprint density at radius 2 is 2.50 bits per heavy atom. The summed E-state index contributed by atoms with van der Waals surface area (Å²) in [5.41, 5.74) is 0.302. The molecule has 2 heterocycles. The van der Waals surface area contributed by atoms with E-state index in [9.17, 15) is 4.79 Å². The summed E-state index contributed by atoms with van der Waals surface area (Å²) in [4.78, 5) is 15.5. The molecule has 2 rings (SSSR count). The number of nitrogens with zero attached hydrogens (tertiary/aromatic N) is 2. The zero-order valence-electron chi connectivity index (χ0n) is 9.19. The van der Waals surface area contributed by atoms with Crippen LogP contribution in [0, 0.1) is 0 Å². The average molecular weight is 241 g/mol. The van der Waals surface area contributed by atoms with Crippen LogP contribution in [-0.4, -0.2) is 32.9 Å². The van der Waals surface area contributed by atoms with Crippen LogP contribution in [0.5, 0.6) is 0 Å². The van der Waals surface area contributed by atoms with Crippen molar-refractivity contribution < 1.29 is 9.90 Å². The fourth-order valence-electron chi connectivity index (χ4n) is 1.70. The lowest BCUT2D eigenvalue weighted by atomic mass is 10.3. The zero-order chi connectivity index (χ0) is 11.5. The number of hydrogen-bond donors (Lipinski definition) is 2. The molecule has 1 aliphatic rings. The standard InChI is InChI=1S/C10H15N3O2S/c1-2-3-4-11-8-7(9(14)15)13-5-6-16-10(13)12-8/h11H,2-6H2,1H3,(H,14,15). The Kier molecular flexibility index (Phi) is 3.38. The number of nitrogens with one attached hydrogen (secondary N) is 1. The van der Waals surface area contributed by atoms with E-state index in [0.29, 0.717) is 11.5 Å². The Labute approximate surface area is 98.2 Å². The molecule has 0 radical (unpaired) electrons. The highest BCUT2D eigenvalue weighted by molar-refractivity contribution is 7.99. The van der Waals surface area contributed by atoms with Gasteiger partial charge in [-0.1, -0.05) is 25.1 Å². The molecule has 88 valence electrons. The second kappa shape index (κ2) is 4.78. The lowest BCUT2D eigenvalue weighted by molar-refractivity contribution is 0.0685. The maximum atomic E-state index is 11.2. The van der Waals surface area contributed by atoms with Crippen molar-refractivity contribution in [2.75, 3.05) is 17.6 Å². The maximum absolute atomic E-state index is 11.2. The first-order valence-corrected chi connectivity index (χ1v) is 6.43. The highest BCUT2D eigenvalue weighted by Crippen LogP contribution is 2.30. The lowest BCUT2D eigenvalue weighted by Gasteiger charge is -2.04. The molecular weight excluding hydrogens is 226 g/mol. The van der Waals surface area contributed by atoms with E-state index < -0.39 is 5.97 Å². The minimum Gasteiger partial charge on any atom is -0.476 e. The van der Waals surface area contributed by atoms with Gasteiger partial charge in [-0.2, -0.15) is 0 Å². The average Bonchev–Trinajstić information content (AvgIpc) is 2.76. The van der Waals surface area contributed by atoms with Crippen molar-refractivity contribution in [3.05, 3.63) is 5.69 Å². The lowest BCUT2D eigenvalue weighted by Crippen LogP contribution is -2.11. The number of hydrogen-bond acceptors (Lipinski definition) is 4. The molecule has 0 unspecified atom stereocenters. The van der Waals surface area contributed by atoms with Crippen molar-refractivity contribution in [2.45, 2.75) is 31.5 Å². The van der Waals surface area contributed by atoms with Gasteiger partial charge < -0.3 is 15.0 Å². The van der Waals surface area contributed by atoms with E-state index in [1.54, 1.807) is 16.3 Å². The molecule has 0 saturated heterocycles. The van der Waals surface area contributed by atoms with Crippen LogP contribution < -0.4 is 5.32 Å². The molecule has 5 nitrogen and oxygen atoms in total. The Bertz CT molecular complexity index is 403. The molecule has 16 heavy (non-hydrogen) atoms. The van der Waals surface area contributed by atoms with Crippen LogP contribution in [-0.2, 0) is 6.54 Å². The first-order valence-electron chi connectivity index (χ1n) is 5.44. The quantitative estimate of drug-likeness (QED) is 0.771. The number of anilines is 1. The molecule has 1 aromatic rings. The van der Waals surface area contributed by atoms with Crippen molar-refractivity contribution in [1.82, 2.24) is 9.55 Å². The van der Waals surface area contributed by atoms with Crippen LogP contribution in [0.15, 0.2) is 5.16 Å². The predicted octanol–water partition coefficient (Wildman–Crippen LogP) is 1.90. The highest BCUT2D eigenvalue weighted by Gasteiger charge is 2.25. The molecule has 0 atom stereocenters. The SMILES string of the molecule is CCCCNc1nc2n(c1C(=O)O)CCS2. The van der Waals surface area contributed by atoms with Gasteiger partial charge in [-0.3, -0.25) is 0 Å². The van der Waals surface area contributed by atoms with Crippen LogP contribution in [0.4, 0.5) is 5.82 Å². The maximum Gasteiger partial charge on any atom is 0.356 e. The third-order valence-corrected chi connectivity index (χ3v) is 3.46. The number of aromatic nitrogens is 2. The second-order valence-corrected chi connectivity index (χ2v) is 4.74. The molecule has 0 bridgehead atoms. The van der Waals surface area contributed by atoms with E-state index >= 15 is 0 Å². The number of carboxylic acid groups (broad SMARTS) is 1. The Morgan fingerprint density at radius 1 is 1.69 bits per heavy atom. The molecule has 2 N–H and O–H groups in total. The van der Waals surface area contributed by atoms with Crippen LogP contribution in [0.25, 0.3) is 0 Å². The van der Waals surface area contributed by atoms with E-state index in [4.69, 9.17) is 5.11 Å². The number of fused-ring (bicyclic) bond motifs is 1. The molecule has 0 amide bonds. The summed E-state index contributed by atoms with van der Waals surface area (Å²) in [7, 11) is 0. The van der Waals surface area contributed by atoms with Gasteiger partial charge in [-0.25, -0.2) is 9.78 Å². The minimum atomic E-state index is -0.903. The first-order chi connectivity index (χ1) is 7.74. The molecule has 1 aromatic heterocycles. The van der Waals surface area contributed by atoms with Gasteiger partial charge in [0.15, 0.2) is 16.7 Å².